The van der Waals surface area contributed by atoms with Gasteiger partial charge in [-0.2, -0.15) is 10.4 Å². The second-order valence-electron chi connectivity index (χ2n) is 9.13. The van der Waals surface area contributed by atoms with Gasteiger partial charge in [0.05, 0.1) is 11.3 Å². The van der Waals surface area contributed by atoms with Crippen molar-refractivity contribution in [3.63, 3.8) is 0 Å². The molecule has 0 bridgehead atoms. The highest BCUT2D eigenvalue weighted by atomic mass is 19.1. The van der Waals surface area contributed by atoms with Gasteiger partial charge in [-0.3, -0.25) is 4.79 Å². The van der Waals surface area contributed by atoms with Crippen LogP contribution in [0.25, 0.3) is 16.9 Å². The first-order valence-electron chi connectivity index (χ1n) is 11.6. The Labute approximate surface area is 196 Å². The molecule has 2 aliphatic rings. The second-order valence-corrected chi connectivity index (χ2v) is 9.13. The zero-order valence-corrected chi connectivity index (χ0v) is 18.7. The molecule has 1 aliphatic heterocycles. The van der Waals surface area contributed by atoms with Gasteiger partial charge in [0, 0.05) is 24.7 Å². The fraction of sp³-hybridized carbons (Fsp3) is 0.346. The van der Waals surface area contributed by atoms with Crippen LogP contribution in [-0.4, -0.2) is 39.7 Å². The molecule has 2 aromatic carbocycles. The SMILES string of the molecule is N#Cc1ccc(-c2cc(C(=O)N3CCCC[C@@H](N)C3)nn2-c2ccc(C3CC3)cc2F)cc1F. The van der Waals surface area contributed by atoms with Crippen LogP contribution in [0.2, 0.25) is 0 Å². The van der Waals surface area contributed by atoms with Gasteiger partial charge in [-0.1, -0.05) is 18.6 Å². The van der Waals surface area contributed by atoms with Crippen LogP contribution >= 0.6 is 0 Å². The van der Waals surface area contributed by atoms with Crippen molar-refractivity contribution < 1.29 is 13.6 Å². The van der Waals surface area contributed by atoms with Gasteiger partial charge in [0.15, 0.2) is 5.69 Å². The predicted octanol–water partition coefficient (Wildman–Crippen LogP) is 4.52. The number of nitriles is 1. The van der Waals surface area contributed by atoms with E-state index in [1.54, 1.807) is 29.2 Å². The quantitative estimate of drug-likeness (QED) is 0.619. The molecule has 1 saturated heterocycles. The highest BCUT2D eigenvalue weighted by Crippen LogP contribution is 2.41. The molecular weight excluding hydrogens is 436 g/mol. The van der Waals surface area contributed by atoms with E-state index in [-0.39, 0.29) is 28.9 Å². The average molecular weight is 462 g/mol. The van der Waals surface area contributed by atoms with Crippen LogP contribution in [0, 0.1) is 23.0 Å². The average Bonchev–Trinajstić information content (AvgIpc) is 3.62. The summed E-state index contributed by atoms with van der Waals surface area (Å²) in [5.74, 6) is -1.05. The minimum atomic E-state index is -0.691. The third-order valence-electron chi connectivity index (χ3n) is 6.56. The molecule has 2 heterocycles. The van der Waals surface area contributed by atoms with E-state index < -0.39 is 11.6 Å². The highest BCUT2D eigenvalue weighted by molar-refractivity contribution is 5.93. The molecule has 1 atom stereocenters. The van der Waals surface area contributed by atoms with E-state index in [9.17, 15) is 9.18 Å². The number of hydrogen-bond donors (Lipinski definition) is 1. The maximum atomic E-state index is 15.2. The molecule has 34 heavy (non-hydrogen) atoms. The first-order chi connectivity index (χ1) is 16.4. The van der Waals surface area contributed by atoms with Crippen LogP contribution in [0.15, 0.2) is 42.5 Å². The summed E-state index contributed by atoms with van der Waals surface area (Å²) in [5.41, 5.74) is 8.04. The van der Waals surface area contributed by atoms with E-state index >= 15 is 4.39 Å². The molecule has 0 unspecified atom stereocenters. The predicted molar refractivity (Wildman–Crippen MR) is 123 cm³/mol. The zero-order valence-electron chi connectivity index (χ0n) is 18.7. The lowest BCUT2D eigenvalue weighted by Crippen LogP contribution is -2.39. The van der Waals surface area contributed by atoms with Crippen molar-refractivity contribution in [2.45, 2.75) is 44.1 Å². The molecule has 0 spiro atoms. The fourth-order valence-electron chi connectivity index (χ4n) is 4.53. The Kier molecular flexibility index (Phi) is 5.88. The summed E-state index contributed by atoms with van der Waals surface area (Å²) in [7, 11) is 0. The molecule has 0 radical (unpaired) electrons. The number of carbonyl (C=O) groups excluding carboxylic acids is 1. The maximum Gasteiger partial charge on any atom is 0.274 e. The van der Waals surface area contributed by atoms with Crippen molar-refractivity contribution >= 4 is 5.91 Å². The van der Waals surface area contributed by atoms with Crippen molar-refractivity contribution in [2.75, 3.05) is 13.1 Å². The van der Waals surface area contributed by atoms with Gasteiger partial charge in [-0.05, 0) is 67.5 Å². The van der Waals surface area contributed by atoms with E-state index in [4.69, 9.17) is 11.0 Å². The number of aromatic nitrogens is 2. The summed E-state index contributed by atoms with van der Waals surface area (Å²) < 4.78 is 31.0. The Bertz CT molecular complexity index is 1290. The van der Waals surface area contributed by atoms with Gasteiger partial charge in [0.2, 0.25) is 0 Å². The number of benzene rings is 2. The summed E-state index contributed by atoms with van der Waals surface area (Å²) in [6.07, 6.45) is 4.76. The van der Waals surface area contributed by atoms with Crippen molar-refractivity contribution in [1.29, 1.82) is 5.26 Å². The molecule has 8 heteroatoms. The van der Waals surface area contributed by atoms with Crippen LogP contribution in [0.1, 0.15) is 59.6 Å². The van der Waals surface area contributed by atoms with Gasteiger partial charge in [-0.15, -0.1) is 0 Å². The lowest BCUT2D eigenvalue weighted by molar-refractivity contribution is 0.0748. The van der Waals surface area contributed by atoms with Crippen LogP contribution in [0.4, 0.5) is 8.78 Å². The Hall–Kier alpha value is -3.57. The van der Waals surface area contributed by atoms with Crippen molar-refractivity contribution in [2.24, 2.45) is 5.73 Å². The molecule has 174 valence electrons. The number of halogens is 2. The smallest absolute Gasteiger partial charge is 0.274 e. The fourth-order valence-corrected chi connectivity index (χ4v) is 4.53. The van der Waals surface area contributed by atoms with Gasteiger partial charge in [0.1, 0.15) is 23.4 Å². The number of nitrogens with two attached hydrogens (primary N) is 1. The molecule has 5 rings (SSSR count). The number of hydrogen-bond acceptors (Lipinski definition) is 4. The molecule has 1 aliphatic carbocycles. The summed E-state index contributed by atoms with van der Waals surface area (Å²) in [5, 5.41) is 13.5. The Morgan fingerprint density at radius 1 is 1.06 bits per heavy atom. The van der Waals surface area contributed by atoms with E-state index in [0.29, 0.717) is 30.3 Å². The van der Waals surface area contributed by atoms with Gasteiger partial charge in [0.25, 0.3) is 5.91 Å². The first kappa shape index (κ1) is 22.2. The monoisotopic (exact) mass is 461 g/mol. The van der Waals surface area contributed by atoms with Crippen LogP contribution in [0.3, 0.4) is 0 Å². The molecule has 6 nitrogen and oxygen atoms in total. The standard InChI is InChI=1S/C26H25F2N5O/c27-21-12-18(6-7-19(21)14-29)25-13-23(26(34)32-10-2-1-3-20(30)15-32)31-33(25)24-9-8-17(11-22(24)28)16-4-5-16/h6-9,11-13,16,20H,1-5,10,15,30H2/t20-/m1/s1. The molecule has 2 fully saturated rings. The second kappa shape index (κ2) is 8.99. The zero-order chi connectivity index (χ0) is 23.8. The van der Waals surface area contributed by atoms with Gasteiger partial charge in [-0.25, -0.2) is 13.5 Å². The number of nitrogens with zero attached hydrogens (tertiary/aromatic N) is 4. The number of rotatable bonds is 4. The first-order valence-corrected chi connectivity index (χ1v) is 11.6. The number of likely N-dealkylation sites (tertiary alicyclic amines) is 1. The largest absolute Gasteiger partial charge is 0.336 e. The molecule has 3 aromatic rings. The van der Waals surface area contributed by atoms with Crippen molar-refractivity contribution in [3.05, 3.63) is 70.9 Å². The molecule has 2 N–H and O–H groups in total. The third kappa shape index (κ3) is 4.31. The molecular formula is C26H25F2N5O. The summed E-state index contributed by atoms with van der Waals surface area (Å²) in [6, 6.07) is 12.4. The maximum absolute atomic E-state index is 15.2. The van der Waals surface area contributed by atoms with E-state index in [1.807, 2.05) is 6.07 Å². The Balaban J connectivity index is 1.59. The topological polar surface area (TPSA) is 87.9 Å². The normalized spacial score (nSPS) is 18.4. The lowest BCUT2D eigenvalue weighted by Gasteiger charge is -2.21. The molecule has 1 amide bonds. The van der Waals surface area contributed by atoms with Crippen molar-refractivity contribution in [1.82, 2.24) is 14.7 Å². The third-order valence-corrected chi connectivity index (χ3v) is 6.56. The van der Waals surface area contributed by atoms with Crippen LogP contribution in [-0.2, 0) is 0 Å². The van der Waals surface area contributed by atoms with E-state index in [1.165, 1.54) is 22.9 Å². The van der Waals surface area contributed by atoms with Crippen molar-refractivity contribution in [3.8, 4) is 23.0 Å². The van der Waals surface area contributed by atoms with E-state index in [2.05, 4.69) is 5.10 Å². The molecule has 1 aromatic heterocycles. The summed E-state index contributed by atoms with van der Waals surface area (Å²) >= 11 is 0. The minimum Gasteiger partial charge on any atom is -0.336 e. The van der Waals surface area contributed by atoms with Crippen LogP contribution < -0.4 is 5.73 Å². The summed E-state index contributed by atoms with van der Waals surface area (Å²) in [4.78, 5) is 15.0. The number of carbonyl (C=O) groups is 1. The molecule has 1 saturated carbocycles. The van der Waals surface area contributed by atoms with Gasteiger partial charge >= 0.3 is 0 Å². The number of amides is 1. The Morgan fingerprint density at radius 2 is 1.88 bits per heavy atom. The Morgan fingerprint density at radius 3 is 2.59 bits per heavy atom. The van der Waals surface area contributed by atoms with Crippen LogP contribution in [0.5, 0.6) is 0 Å². The lowest BCUT2D eigenvalue weighted by atomic mass is 10.1. The van der Waals surface area contributed by atoms with Gasteiger partial charge < -0.3 is 10.6 Å². The highest BCUT2D eigenvalue weighted by Gasteiger charge is 2.27. The summed E-state index contributed by atoms with van der Waals surface area (Å²) in [6.45, 7) is 1.00. The van der Waals surface area contributed by atoms with E-state index in [0.717, 1.165) is 37.7 Å². The minimum absolute atomic E-state index is 0.0929.